The molecule has 0 saturated carbocycles. The maximum atomic E-state index is 6.03. The quantitative estimate of drug-likeness (QED) is 0.389. The molecule has 4 heteroatoms. The van der Waals surface area contributed by atoms with Gasteiger partial charge in [0.2, 0.25) is 16.6 Å². The monoisotopic (exact) mass is 272 g/mol. The summed E-state index contributed by atoms with van der Waals surface area (Å²) >= 11 is 0. The van der Waals surface area contributed by atoms with Gasteiger partial charge in [-0.25, -0.2) is 0 Å². The van der Waals surface area contributed by atoms with Crippen LogP contribution in [-0.4, -0.2) is 16.6 Å². The molecule has 0 saturated heterocycles. The third kappa shape index (κ3) is 9.24. The molecule has 0 fully saturated rings. The maximum absolute atomic E-state index is 6.03. The normalized spacial score (nSPS) is 14.8. The minimum absolute atomic E-state index is 0.913. The van der Waals surface area contributed by atoms with E-state index < -0.39 is 16.6 Å². The lowest BCUT2D eigenvalue weighted by Crippen LogP contribution is -2.26. The minimum Gasteiger partial charge on any atom is -0.547 e. The van der Waals surface area contributed by atoms with E-state index in [0.717, 1.165) is 17.9 Å². The average Bonchev–Trinajstić information content (AvgIpc) is 2.11. The maximum Gasteiger partial charge on any atom is 0.242 e. The largest absolute Gasteiger partial charge is 0.547 e. The number of allylic oxidation sites excluding steroid dienone is 3. The van der Waals surface area contributed by atoms with Crippen LogP contribution >= 0.6 is 0 Å². The van der Waals surface area contributed by atoms with E-state index in [1.807, 2.05) is 13.0 Å². The topological polar surface area (TPSA) is 18.5 Å². The summed E-state index contributed by atoms with van der Waals surface area (Å²) in [5, 5.41) is 0. The van der Waals surface area contributed by atoms with Gasteiger partial charge in [-0.2, -0.15) is 0 Å². The Morgan fingerprint density at radius 2 is 1.41 bits per heavy atom. The van der Waals surface area contributed by atoms with Crippen molar-refractivity contribution in [2.45, 2.75) is 59.6 Å². The molecule has 0 unspecified atom stereocenters. The highest BCUT2D eigenvalue weighted by Gasteiger charge is 2.19. The molecule has 0 aliphatic rings. The van der Waals surface area contributed by atoms with Crippen LogP contribution in [0.4, 0.5) is 0 Å². The highest BCUT2D eigenvalue weighted by atomic mass is 28.4. The fraction of sp³-hybridized carbons (Fsp3) is 0.692. The van der Waals surface area contributed by atoms with E-state index in [9.17, 15) is 0 Å². The first-order valence-electron chi connectivity index (χ1n) is 6.32. The van der Waals surface area contributed by atoms with E-state index in [-0.39, 0.29) is 0 Å². The zero-order chi connectivity index (χ0) is 13.7. The first-order valence-corrected chi connectivity index (χ1v) is 13.1. The SMILES string of the molecule is C/C=C(/C=C(/CC)O[Si](C)(C)C)O[Si](C)(C)C. The Balaban J connectivity index is 4.81. The van der Waals surface area contributed by atoms with E-state index in [0.29, 0.717) is 0 Å². The Morgan fingerprint density at radius 3 is 1.71 bits per heavy atom. The molecule has 0 atom stereocenters. The van der Waals surface area contributed by atoms with Crippen molar-refractivity contribution in [1.29, 1.82) is 0 Å². The number of rotatable bonds is 6. The van der Waals surface area contributed by atoms with Gasteiger partial charge in [-0.3, -0.25) is 0 Å². The van der Waals surface area contributed by atoms with Crippen molar-refractivity contribution < 1.29 is 8.85 Å². The lowest BCUT2D eigenvalue weighted by molar-refractivity contribution is 0.391. The first-order chi connectivity index (χ1) is 7.57. The highest BCUT2D eigenvalue weighted by molar-refractivity contribution is 6.70. The lowest BCUT2D eigenvalue weighted by atomic mass is 10.3. The Kier molecular flexibility index (Phi) is 6.26. The summed E-state index contributed by atoms with van der Waals surface area (Å²) in [4.78, 5) is 0. The summed E-state index contributed by atoms with van der Waals surface area (Å²) in [6, 6.07) is 0. The molecule has 0 bridgehead atoms. The molecule has 100 valence electrons. The molecule has 0 aromatic heterocycles. The van der Waals surface area contributed by atoms with Crippen molar-refractivity contribution in [1.82, 2.24) is 0 Å². The molecule has 0 aromatic rings. The van der Waals surface area contributed by atoms with Crippen molar-refractivity contribution in [3.05, 3.63) is 23.7 Å². The van der Waals surface area contributed by atoms with Gasteiger partial charge in [0.05, 0.1) is 5.76 Å². The van der Waals surface area contributed by atoms with E-state index in [1.165, 1.54) is 0 Å². The minimum atomic E-state index is -1.54. The molecule has 0 N–H and O–H groups in total. The smallest absolute Gasteiger partial charge is 0.242 e. The Labute approximate surface area is 109 Å². The van der Waals surface area contributed by atoms with Crippen LogP contribution < -0.4 is 0 Å². The zero-order valence-corrected chi connectivity index (χ0v) is 14.7. The predicted molar refractivity (Wildman–Crippen MR) is 81.0 cm³/mol. The van der Waals surface area contributed by atoms with Gasteiger partial charge >= 0.3 is 0 Å². The van der Waals surface area contributed by atoms with Gasteiger partial charge in [0, 0.05) is 12.5 Å². The fourth-order valence-corrected chi connectivity index (χ4v) is 3.15. The molecule has 0 amide bonds. The molecular formula is C13H28O2Si2. The van der Waals surface area contributed by atoms with Crippen LogP contribution in [0.2, 0.25) is 39.3 Å². The van der Waals surface area contributed by atoms with Gasteiger partial charge in [0.1, 0.15) is 5.76 Å². The van der Waals surface area contributed by atoms with E-state index >= 15 is 0 Å². The van der Waals surface area contributed by atoms with Crippen LogP contribution in [0.25, 0.3) is 0 Å². The van der Waals surface area contributed by atoms with Crippen molar-refractivity contribution in [2.24, 2.45) is 0 Å². The molecule has 2 nitrogen and oxygen atoms in total. The van der Waals surface area contributed by atoms with Crippen LogP contribution in [0, 0.1) is 0 Å². The summed E-state index contributed by atoms with van der Waals surface area (Å²) in [6.45, 7) is 17.3. The standard InChI is InChI=1S/C13H28O2Si2/c1-9-12(14-16(3,4)5)11-13(10-2)15-17(6,7)8/h9,11H,10H2,1-8H3/b12-9-,13-11-. The van der Waals surface area contributed by atoms with Crippen LogP contribution in [0.1, 0.15) is 20.3 Å². The molecular weight excluding hydrogens is 244 g/mol. The van der Waals surface area contributed by atoms with E-state index in [1.54, 1.807) is 0 Å². The summed E-state index contributed by atoms with van der Waals surface area (Å²) in [6.07, 6.45) is 4.98. The molecule has 0 spiro atoms. The number of hydrogen-bond acceptors (Lipinski definition) is 2. The summed E-state index contributed by atoms with van der Waals surface area (Å²) in [7, 11) is -3.06. The molecule has 17 heavy (non-hydrogen) atoms. The molecule has 0 aliphatic carbocycles. The van der Waals surface area contributed by atoms with E-state index in [4.69, 9.17) is 8.85 Å². The third-order valence-electron chi connectivity index (χ3n) is 1.80. The van der Waals surface area contributed by atoms with Crippen LogP contribution in [0.3, 0.4) is 0 Å². The van der Waals surface area contributed by atoms with Gasteiger partial charge in [-0.1, -0.05) is 6.92 Å². The molecule has 0 aromatic carbocycles. The van der Waals surface area contributed by atoms with Gasteiger partial charge in [0.25, 0.3) is 0 Å². The average molecular weight is 273 g/mol. The van der Waals surface area contributed by atoms with Gasteiger partial charge in [0.15, 0.2) is 0 Å². The Morgan fingerprint density at radius 1 is 0.941 bits per heavy atom. The summed E-state index contributed by atoms with van der Waals surface area (Å²) in [5.41, 5.74) is 0. The molecule has 0 radical (unpaired) electrons. The fourth-order valence-electron chi connectivity index (χ4n) is 1.28. The van der Waals surface area contributed by atoms with Crippen molar-refractivity contribution in [2.75, 3.05) is 0 Å². The van der Waals surface area contributed by atoms with E-state index in [2.05, 4.69) is 52.3 Å². The first kappa shape index (κ1) is 16.5. The molecule has 0 aliphatic heterocycles. The van der Waals surface area contributed by atoms with Crippen molar-refractivity contribution >= 4 is 16.6 Å². The van der Waals surface area contributed by atoms with Crippen molar-refractivity contribution in [3.8, 4) is 0 Å². The highest BCUT2D eigenvalue weighted by Crippen LogP contribution is 2.18. The zero-order valence-electron chi connectivity index (χ0n) is 12.7. The second-order valence-electron chi connectivity index (χ2n) is 6.08. The van der Waals surface area contributed by atoms with Gasteiger partial charge < -0.3 is 8.85 Å². The second-order valence-corrected chi connectivity index (χ2v) is 14.9. The van der Waals surface area contributed by atoms with Crippen LogP contribution in [-0.2, 0) is 8.85 Å². The van der Waals surface area contributed by atoms with Gasteiger partial charge in [-0.15, -0.1) is 0 Å². The third-order valence-corrected chi connectivity index (χ3v) is 3.52. The molecule has 0 heterocycles. The van der Waals surface area contributed by atoms with Gasteiger partial charge in [-0.05, 0) is 52.3 Å². The lowest BCUT2D eigenvalue weighted by Gasteiger charge is -2.24. The predicted octanol–water partition coefficient (Wildman–Crippen LogP) is 4.89. The summed E-state index contributed by atoms with van der Waals surface area (Å²) in [5.74, 6) is 1.98. The Bertz CT molecular complexity index is 294. The summed E-state index contributed by atoms with van der Waals surface area (Å²) < 4.78 is 12.0. The van der Waals surface area contributed by atoms with Crippen LogP contribution in [0.15, 0.2) is 23.7 Å². The Hall–Kier alpha value is -0.486. The van der Waals surface area contributed by atoms with Crippen LogP contribution in [0.5, 0.6) is 0 Å². The number of hydrogen-bond donors (Lipinski definition) is 0. The van der Waals surface area contributed by atoms with Crippen molar-refractivity contribution in [3.63, 3.8) is 0 Å². The second kappa shape index (κ2) is 6.45. The molecule has 0 rings (SSSR count).